The Balaban J connectivity index is 2.45. The molecule has 0 aromatic rings. The summed E-state index contributed by atoms with van der Waals surface area (Å²) in [7, 11) is 0. The van der Waals surface area contributed by atoms with Crippen LogP contribution in [0.15, 0.2) is 11.6 Å². The monoisotopic (exact) mass is 152 g/mol. The third-order valence-electron chi connectivity index (χ3n) is 2.90. The smallest absolute Gasteiger partial charge is 0.0292 e. The number of rotatable bonds is 2. The maximum absolute atomic E-state index is 2.47. The molecular formula is C11H20. The molecule has 0 saturated heterocycles. The average molecular weight is 152 g/mol. The van der Waals surface area contributed by atoms with E-state index in [0.29, 0.717) is 0 Å². The minimum Gasteiger partial charge on any atom is -0.0850 e. The van der Waals surface area contributed by atoms with Crippen molar-refractivity contribution >= 4 is 0 Å². The molecule has 2 unspecified atom stereocenters. The van der Waals surface area contributed by atoms with Gasteiger partial charge in [0.1, 0.15) is 0 Å². The SMILES string of the molecule is CCCC1=CCC(C)C(C)C1. The predicted molar refractivity (Wildman–Crippen MR) is 50.6 cm³/mol. The van der Waals surface area contributed by atoms with Crippen LogP contribution in [0.4, 0.5) is 0 Å². The fraction of sp³-hybridized carbons (Fsp3) is 0.818. The van der Waals surface area contributed by atoms with Crippen LogP contribution in [0.5, 0.6) is 0 Å². The molecule has 0 heterocycles. The van der Waals surface area contributed by atoms with Crippen molar-refractivity contribution in [3.63, 3.8) is 0 Å². The maximum Gasteiger partial charge on any atom is -0.0292 e. The van der Waals surface area contributed by atoms with E-state index in [-0.39, 0.29) is 0 Å². The van der Waals surface area contributed by atoms with Crippen molar-refractivity contribution in [3.8, 4) is 0 Å². The highest BCUT2D eigenvalue weighted by Crippen LogP contribution is 2.30. The van der Waals surface area contributed by atoms with Gasteiger partial charge >= 0.3 is 0 Å². The van der Waals surface area contributed by atoms with Gasteiger partial charge in [-0.05, 0) is 31.1 Å². The Kier molecular flexibility index (Phi) is 3.16. The molecule has 0 bridgehead atoms. The van der Waals surface area contributed by atoms with Gasteiger partial charge in [-0.3, -0.25) is 0 Å². The summed E-state index contributed by atoms with van der Waals surface area (Å²) in [6.07, 6.45) is 7.78. The summed E-state index contributed by atoms with van der Waals surface area (Å²) in [5, 5.41) is 0. The van der Waals surface area contributed by atoms with Gasteiger partial charge in [0.05, 0.1) is 0 Å². The Morgan fingerprint density at radius 2 is 2.09 bits per heavy atom. The van der Waals surface area contributed by atoms with Crippen LogP contribution in [0.25, 0.3) is 0 Å². The van der Waals surface area contributed by atoms with E-state index in [4.69, 9.17) is 0 Å². The van der Waals surface area contributed by atoms with Crippen molar-refractivity contribution in [2.45, 2.75) is 46.5 Å². The topological polar surface area (TPSA) is 0 Å². The fourth-order valence-electron chi connectivity index (χ4n) is 1.81. The minimum absolute atomic E-state index is 0.913. The summed E-state index contributed by atoms with van der Waals surface area (Å²) in [6.45, 7) is 7.01. The summed E-state index contributed by atoms with van der Waals surface area (Å²) in [4.78, 5) is 0. The first-order valence-corrected chi connectivity index (χ1v) is 4.92. The van der Waals surface area contributed by atoms with Crippen molar-refractivity contribution < 1.29 is 0 Å². The van der Waals surface area contributed by atoms with Gasteiger partial charge in [0.2, 0.25) is 0 Å². The molecule has 0 aliphatic heterocycles. The molecule has 11 heavy (non-hydrogen) atoms. The second-order valence-electron chi connectivity index (χ2n) is 4.01. The third kappa shape index (κ3) is 2.36. The van der Waals surface area contributed by atoms with Crippen LogP contribution >= 0.6 is 0 Å². The van der Waals surface area contributed by atoms with Crippen LogP contribution < -0.4 is 0 Å². The average Bonchev–Trinajstić information content (AvgIpc) is 1.98. The molecule has 0 nitrogen and oxygen atoms in total. The van der Waals surface area contributed by atoms with Crippen LogP contribution in [-0.2, 0) is 0 Å². The van der Waals surface area contributed by atoms with Crippen molar-refractivity contribution in [3.05, 3.63) is 11.6 Å². The minimum atomic E-state index is 0.913. The zero-order chi connectivity index (χ0) is 8.27. The summed E-state index contributed by atoms with van der Waals surface area (Å²) >= 11 is 0. The first kappa shape index (κ1) is 8.83. The van der Waals surface area contributed by atoms with Crippen LogP contribution in [0.2, 0.25) is 0 Å². The van der Waals surface area contributed by atoms with Gasteiger partial charge in [-0.2, -0.15) is 0 Å². The van der Waals surface area contributed by atoms with E-state index in [0.717, 1.165) is 11.8 Å². The van der Waals surface area contributed by atoms with Crippen molar-refractivity contribution in [2.24, 2.45) is 11.8 Å². The van der Waals surface area contributed by atoms with Gasteiger partial charge in [-0.25, -0.2) is 0 Å². The molecule has 1 aliphatic carbocycles. The molecule has 1 rings (SSSR count). The highest BCUT2D eigenvalue weighted by molar-refractivity contribution is 5.07. The van der Waals surface area contributed by atoms with Crippen LogP contribution in [0.1, 0.15) is 46.5 Å². The second kappa shape index (κ2) is 3.94. The number of hydrogen-bond donors (Lipinski definition) is 0. The van der Waals surface area contributed by atoms with Crippen LogP contribution in [0, 0.1) is 11.8 Å². The van der Waals surface area contributed by atoms with E-state index in [1.165, 1.54) is 25.7 Å². The third-order valence-corrected chi connectivity index (χ3v) is 2.90. The van der Waals surface area contributed by atoms with E-state index in [9.17, 15) is 0 Å². The normalized spacial score (nSPS) is 31.7. The quantitative estimate of drug-likeness (QED) is 0.528. The van der Waals surface area contributed by atoms with Gasteiger partial charge < -0.3 is 0 Å². The first-order valence-electron chi connectivity index (χ1n) is 4.92. The highest BCUT2D eigenvalue weighted by Gasteiger charge is 2.16. The van der Waals surface area contributed by atoms with E-state index in [1.807, 2.05) is 0 Å². The molecule has 0 fully saturated rings. The largest absolute Gasteiger partial charge is 0.0850 e. The first-order chi connectivity index (χ1) is 5.24. The molecule has 0 saturated carbocycles. The molecule has 1 aliphatic rings. The van der Waals surface area contributed by atoms with Crippen molar-refractivity contribution in [1.82, 2.24) is 0 Å². The van der Waals surface area contributed by atoms with Crippen molar-refractivity contribution in [2.75, 3.05) is 0 Å². The summed E-state index contributed by atoms with van der Waals surface area (Å²) in [5.41, 5.74) is 1.71. The predicted octanol–water partition coefficient (Wildman–Crippen LogP) is 3.78. The highest BCUT2D eigenvalue weighted by atomic mass is 14.2. The zero-order valence-electron chi connectivity index (χ0n) is 8.06. The van der Waals surface area contributed by atoms with Gasteiger partial charge in [0.15, 0.2) is 0 Å². The molecule has 0 N–H and O–H groups in total. The number of hydrogen-bond acceptors (Lipinski definition) is 0. The standard InChI is InChI=1S/C11H20/c1-4-5-11-7-6-9(2)10(3)8-11/h7,9-10H,4-6,8H2,1-3H3. The second-order valence-corrected chi connectivity index (χ2v) is 4.01. The van der Waals surface area contributed by atoms with E-state index in [2.05, 4.69) is 26.8 Å². The molecular weight excluding hydrogens is 132 g/mol. The molecule has 0 amide bonds. The van der Waals surface area contributed by atoms with Gasteiger partial charge in [-0.15, -0.1) is 0 Å². The summed E-state index contributed by atoms with van der Waals surface area (Å²) < 4.78 is 0. The molecule has 0 radical (unpaired) electrons. The molecule has 0 aromatic heterocycles. The molecule has 0 aromatic carbocycles. The van der Waals surface area contributed by atoms with Crippen LogP contribution in [-0.4, -0.2) is 0 Å². The van der Waals surface area contributed by atoms with E-state index < -0.39 is 0 Å². The zero-order valence-corrected chi connectivity index (χ0v) is 8.06. The summed E-state index contributed by atoms with van der Waals surface area (Å²) in [5.74, 6) is 1.83. The molecule has 0 heteroatoms. The van der Waals surface area contributed by atoms with E-state index in [1.54, 1.807) is 5.57 Å². The van der Waals surface area contributed by atoms with Gasteiger partial charge in [-0.1, -0.05) is 38.8 Å². The van der Waals surface area contributed by atoms with Crippen LogP contribution in [0.3, 0.4) is 0 Å². The molecule has 2 atom stereocenters. The summed E-state index contributed by atoms with van der Waals surface area (Å²) in [6, 6.07) is 0. The maximum atomic E-state index is 2.47. The fourth-order valence-corrected chi connectivity index (χ4v) is 1.81. The lowest BCUT2D eigenvalue weighted by atomic mass is 9.81. The molecule has 0 spiro atoms. The Hall–Kier alpha value is -0.260. The Morgan fingerprint density at radius 3 is 2.64 bits per heavy atom. The van der Waals surface area contributed by atoms with Gasteiger partial charge in [0, 0.05) is 0 Å². The Labute approximate surface area is 70.7 Å². The lowest BCUT2D eigenvalue weighted by Crippen LogP contribution is -2.12. The Morgan fingerprint density at radius 1 is 1.36 bits per heavy atom. The number of allylic oxidation sites excluding steroid dienone is 2. The van der Waals surface area contributed by atoms with E-state index >= 15 is 0 Å². The Bertz CT molecular complexity index is 144. The lowest BCUT2D eigenvalue weighted by Gasteiger charge is -2.25. The van der Waals surface area contributed by atoms with Gasteiger partial charge in [0.25, 0.3) is 0 Å². The molecule has 64 valence electrons. The lowest BCUT2D eigenvalue weighted by molar-refractivity contribution is 0.364. The van der Waals surface area contributed by atoms with Crippen molar-refractivity contribution in [1.29, 1.82) is 0 Å².